The molecular formula is C15H20N2O2. The third-order valence-electron chi connectivity index (χ3n) is 3.75. The zero-order chi connectivity index (χ0) is 14.2. The number of nitrogens with zero attached hydrogens (tertiary/aromatic N) is 2. The van der Waals surface area contributed by atoms with E-state index in [0.717, 1.165) is 11.3 Å². The molecule has 0 radical (unpaired) electrons. The zero-order valence-electron chi connectivity index (χ0n) is 11.9. The second kappa shape index (κ2) is 4.68. The number of hydrogen-bond donors (Lipinski definition) is 0. The summed E-state index contributed by atoms with van der Waals surface area (Å²) in [5, 5.41) is 0. The predicted molar refractivity (Wildman–Crippen MR) is 74.8 cm³/mol. The Morgan fingerprint density at radius 1 is 1.32 bits per heavy atom. The largest absolute Gasteiger partial charge is 0.324 e. The molecule has 4 nitrogen and oxygen atoms in total. The zero-order valence-corrected chi connectivity index (χ0v) is 11.9. The van der Waals surface area contributed by atoms with Crippen molar-refractivity contribution in [1.82, 2.24) is 4.90 Å². The van der Waals surface area contributed by atoms with Gasteiger partial charge in [0, 0.05) is 25.7 Å². The molecule has 1 heterocycles. The number of anilines is 1. The molecule has 0 fully saturated rings. The molecule has 1 aromatic carbocycles. The van der Waals surface area contributed by atoms with Crippen LogP contribution in [-0.2, 0) is 16.1 Å². The van der Waals surface area contributed by atoms with Crippen molar-refractivity contribution in [2.45, 2.75) is 39.8 Å². The van der Waals surface area contributed by atoms with Crippen molar-refractivity contribution >= 4 is 17.5 Å². The molecule has 0 unspecified atom stereocenters. The normalized spacial score (nSPS) is 18.0. The Kier molecular flexibility index (Phi) is 3.35. The van der Waals surface area contributed by atoms with Gasteiger partial charge in [-0.3, -0.25) is 9.59 Å². The maximum Gasteiger partial charge on any atom is 0.252 e. The molecule has 4 heteroatoms. The van der Waals surface area contributed by atoms with Gasteiger partial charge in [0.25, 0.3) is 5.91 Å². The number of hydrogen-bond acceptors (Lipinski definition) is 2. The molecular weight excluding hydrogens is 240 g/mol. The fourth-order valence-corrected chi connectivity index (χ4v) is 2.65. The van der Waals surface area contributed by atoms with E-state index in [9.17, 15) is 9.59 Å². The van der Waals surface area contributed by atoms with Gasteiger partial charge < -0.3 is 9.80 Å². The summed E-state index contributed by atoms with van der Waals surface area (Å²) in [6, 6.07) is 7.78. The molecule has 0 saturated carbocycles. The molecule has 1 aliphatic rings. The Balaban J connectivity index is 2.60. The quantitative estimate of drug-likeness (QED) is 0.776. The van der Waals surface area contributed by atoms with E-state index in [1.54, 1.807) is 9.80 Å². The van der Waals surface area contributed by atoms with Gasteiger partial charge >= 0.3 is 0 Å². The van der Waals surface area contributed by atoms with Gasteiger partial charge in [-0.2, -0.15) is 0 Å². The van der Waals surface area contributed by atoms with Crippen molar-refractivity contribution in [3.8, 4) is 0 Å². The van der Waals surface area contributed by atoms with E-state index in [-0.39, 0.29) is 11.8 Å². The summed E-state index contributed by atoms with van der Waals surface area (Å²) in [5.74, 6) is -0.110. The molecule has 1 aliphatic heterocycles. The van der Waals surface area contributed by atoms with Crippen LogP contribution >= 0.6 is 0 Å². The van der Waals surface area contributed by atoms with Crippen LogP contribution in [0, 0.1) is 0 Å². The number of amides is 2. The summed E-state index contributed by atoms with van der Waals surface area (Å²) in [6.45, 7) is 8.16. The number of fused-ring (bicyclic) bond motifs is 1. The van der Waals surface area contributed by atoms with Gasteiger partial charge in [-0.1, -0.05) is 18.2 Å². The van der Waals surface area contributed by atoms with Crippen LogP contribution in [0.2, 0.25) is 0 Å². The summed E-state index contributed by atoms with van der Waals surface area (Å²) in [6.07, 6.45) is 0. The Bertz CT molecular complexity index is 523. The van der Waals surface area contributed by atoms with Crippen LogP contribution in [0.4, 0.5) is 5.69 Å². The van der Waals surface area contributed by atoms with Gasteiger partial charge in [-0.05, 0) is 32.4 Å². The summed E-state index contributed by atoms with van der Waals surface area (Å²) in [7, 11) is 0. The summed E-state index contributed by atoms with van der Waals surface area (Å²) < 4.78 is 0. The van der Waals surface area contributed by atoms with Crippen molar-refractivity contribution in [2.75, 3.05) is 11.4 Å². The third-order valence-corrected chi connectivity index (χ3v) is 3.75. The molecule has 102 valence electrons. The van der Waals surface area contributed by atoms with E-state index in [1.165, 1.54) is 6.92 Å². The predicted octanol–water partition coefficient (Wildman–Crippen LogP) is 2.18. The Morgan fingerprint density at radius 3 is 2.53 bits per heavy atom. The van der Waals surface area contributed by atoms with E-state index in [4.69, 9.17) is 0 Å². The van der Waals surface area contributed by atoms with Crippen molar-refractivity contribution in [3.63, 3.8) is 0 Å². The lowest BCUT2D eigenvalue weighted by molar-refractivity contribution is -0.143. The molecule has 0 atom stereocenters. The lowest BCUT2D eigenvalue weighted by atomic mass is 10.0. The number of rotatable bonds is 1. The molecule has 0 spiro atoms. The van der Waals surface area contributed by atoms with Gasteiger partial charge in [0.05, 0.1) is 0 Å². The highest BCUT2D eigenvalue weighted by molar-refractivity contribution is 6.03. The molecule has 0 aromatic heterocycles. The maximum atomic E-state index is 12.7. The van der Waals surface area contributed by atoms with Crippen LogP contribution in [0.25, 0.3) is 0 Å². The highest BCUT2D eigenvalue weighted by Crippen LogP contribution is 2.32. The van der Waals surface area contributed by atoms with Crippen molar-refractivity contribution in [3.05, 3.63) is 29.8 Å². The lowest BCUT2D eigenvalue weighted by Gasteiger charge is -2.36. The number of likely N-dealkylation sites (N-methyl/N-ethyl adjacent to an activating group) is 1. The second-order valence-corrected chi connectivity index (χ2v) is 5.34. The van der Waals surface area contributed by atoms with E-state index >= 15 is 0 Å². The van der Waals surface area contributed by atoms with Crippen LogP contribution in [0.5, 0.6) is 0 Å². The van der Waals surface area contributed by atoms with E-state index in [2.05, 4.69) is 0 Å². The summed E-state index contributed by atoms with van der Waals surface area (Å²) >= 11 is 0. The maximum absolute atomic E-state index is 12.7. The Labute approximate surface area is 114 Å². The topological polar surface area (TPSA) is 40.6 Å². The minimum Gasteiger partial charge on any atom is -0.324 e. The van der Waals surface area contributed by atoms with E-state index in [0.29, 0.717) is 13.1 Å². The van der Waals surface area contributed by atoms with Crippen LogP contribution in [0.15, 0.2) is 24.3 Å². The standard InChI is InChI=1S/C15H20N2O2/c1-5-16-13-9-7-6-8-12(13)10-17(11(2)18)15(3,4)14(16)19/h6-9H,5,10H2,1-4H3. The SMILES string of the molecule is CCN1C(=O)C(C)(C)N(C(C)=O)Cc2ccccc21. The van der Waals surface area contributed by atoms with Crippen LogP contribution in [0.3, 0.4) is 0 Å². The summed E-state index contributed by atoms with van der Waals surface area (Å²) in [4.78, 5) is 28.0. The number of carbonyl (C=O) groups is 2. The van der Waals surface area contributed by atoms with Crippen LogP contribution in [-0.4, -0.2) is 28.8 Å². The molecule has 0 bridgehead atoms. The van der Waals surface area contributed by atoms with Crippen molar-refractivity contribution in [2.24, 2.45) is 0 Å². The smallest absolute Gasteiger partial charge is 0.252 e. The lowest BCUT2D eigenvalue weighted by Crippen LogP contribution is -2.55. The first-order chi connectivity index (χ1) is 8.89. The highest BCUT2D eigenvalue weighted by atomic mass is 16.2. The number of benzene rings is 1. The molecule has 19 heavy (non-hydrogen) atoms. The van der Waals surface area contributed by atoms with Crippen molar-refractivity contribution in [1.29, 1.82) is 0 Å². The van der Waals surface area contributed by atoms with Gasteiger partial charge in [0.1, 0.15) is 5.54 Å². The Morgan fingerprint density at radius 2 is 1.95 bits per heavy atom. The first kappa shape index (κ1) is 13.6. The van der Waals surface area contributed by atoms with Gasteiger partial charge in [-0.15, -0.1) is 0 Å². The first-order valence-electron chi connectivity index (χ1n) is 6.57. The number of para-hydroxylation sites is 1. The minimum atomic E-state index is -0.819. The van der Waals surface area contributed by atoms with Crippen molar-refractivity contribution < 1.29 is 9.59 Å². The van der Waals surface area contributed by atoms with E-state index < -0.39 is 5.54 Å². The molecule has 1 aromatic rings. The molecule has 2 amide bonds. The second-order valence-electron chi connectivity index (χ2n) is 5.34. The van der Waals surface area contributed by atoms with Gasteiger partial charge in [-0.25, -0.2) is 0 Å². The summed E-state index contributed by atoms with van der Waals surface area (Å²) in [5.41, 5.74) is 1.10. The van der Waals surface area contributed by atoms with Crippen LogP contribution in [0.1, 0.15) is 33.3 Å². The Hall–Kier alpha value is -1.84. The molecule has 0 saturated heterocycles. The average Bonchev–Trinajstić information content (AvgIpc) is 2.44. The number of carbonyl (C=O) groups excluding carboxylic acids is 2. The molecule has 0 aliphatic carbocycles. The van der Waals surface area contributed by atoms with E-state index in [1.807, 2.05) is 45.0 Å². The van der Waals surface area contributed by atoms with Crippen LogP contribution < -0.4 is 4.90 Å². The minimum absolute atomic E-state index is 0.0323. The molecule has 2 rings (SSSR count). The van der Waals surface area contributed by atoms with Gasteiger partial charge in [0.2, 0.25) is 5.91 Å². The highest BCUT2D eigenvalue weighted by Gasteiger charge is 2.42. The fraction of sp³-hybridized carbons (Fsp3) is 0.467. The molecule has 0 N–H and O–H groups in total. The average molecular weight is 260 g/mol. The monoisotopic (exact) mass is 260 g/mol. The third kappa shape index (κ3) is 2.11. The first-order valence-corrected chi connectivity index (χ1v) is 6.57. The fourth-order valence-electron chi connectivity index (χ4n) is 2.65. The van der Waals surface area contributed by atoms with Gasteiger partial charge in [0.15, 0.2) is 0 Å².